The molecule has 10 heteroatoms. The van der Waals surface area contributed by atoms with Crippen LogP contribution in [0, 0.1) is 13.8 Å². The van der Waals surface area contributed by atoms with Crippen LogP contribution >= 0.6 is 11.8 Å². The van der Waals surface area contributed by atoms with Crippen molar-refractivity contribution in [1.29, 1.82) is 0 Å². The molecule has 3 aromatic rings. The van der Waals surface area contributed by atoms with Gasteiger partial charge in [-0.2, -0.15) is 0 Å². The first-order chi connectivity index (χ1) is 15.0. The molecule has 31 heavy (non-hydrogen) atoms. The largest absolute Gasteiger partial charge is 0.462 e. The zero-order chi connectivity index (χ0) is 22.4. The van der Waals surface area contributed by atoms with Crippen molar-refractivity contribution in [1.82, 2.24) is 24.7 Å². The van der Waals surface area contributed by atoms with E-state index in [0.29, 0.717) is 46.6 Å². The van der Waals surface area contributed by atoms with Gasteiger partial charge in [0.05, 0.1) is 36.8 Å². The normalized spacial score (nSPS) is 11.0. The van der Waals surface area contributed by atoms with E-state index >= 15 is 0 Å². The van der Waals surface area contributed by atoms with Crippen LogP contribution in [-0.2, 0) is 16.0 Å². The minimum atomic E-state index is -0.429. The average molecular weight is 444 g/mol. The number of carbonyl (C=O) groups excluding carboxylic acids is 2. The molecule has 0 bridgehead atoms. The summed E-state index contributed by atoms with van der Waals surface area (Å²) in [6.45, 7) is 6.56. The van der Waals surface area contributed by atoms with Crippen molar-refractivity contribution in [2.24, 2.45) is 0 Å². The van der Waals surface area contributed by atoms with Gasteiger partial charge in [0.1, 0.15) is 0 Å². The summed E-state index contributed by atoms with van der Waals surface area (Å²) in [6.07, 6.45) is 3.39. The summed E-state index contributed by atoms with van der Waals surface area (Å²) < 4.78 is 12.2. The predicted molar refractivity (Wildman–Crippen MR) is 116 cm³/mol. The molecule has 0 radical (unpaired) electrons. The van der Waals surface area contributed by atoms with Crippen molar-refractivity contribution in [3.63, 3.8) is 0 Å². The molecule has 0 amide bonds. The number of aromatic nitrogens is 5. The Morgan fingerprint density at radius 2 is 1.94 bits per heavy atom. The van der Waals surface area contributed by atoms with E-state index in [9.17, 15) is 9.59 Å². The van der Waals surface area contributed by atoms with Crippen LogP contribution in [0.5, 0.6) is 0 Å². The molecule has 0 saturated heterocycles. The first kappa shape index (κ1) is 22.7. The molecule has 0 saturated carbocycles. The Kier molecular flexibility index (Phi) is 7.59. The summed E-state index contributed by atoms with van der Waals surface area (Å²) in [5.41, 5.74) is 2.92. The van der Waals surface area contributed by atoms with Crippen molar-refractivity contribution >= 4 is 23.5 Å². The molecule has 164 valence electrons. The third kappa shape index (κ3) is 5.02. The van der Waals surface area contributed by atoms with Gasteiger partial charge in [0.25, 0.3) is 0 Å². The summed E-state index contributed by atoms with van der Waals surface area (Å²) in [5, 5.41) is 9.18. The summed E-state index contributed by atoms with van der Waals surface area (Å²) in [7, 11) is 1.63. The van der Waals surface area contributed by atoms with Crippen LogP contribution in [0.3, 0.4) is 0 Å². The second-order valence-electron chi connectivity index (χ2n) is 6.74. The third-order valence-electron chi connectivity index (χ3n) is 4.70. The smallest absolute Gasteiger partial charge is 0.340 e. The van der Waals surface area contributed by atoms with Gasteiger partial charge in [-0.1, -0.05) is 11.8 Å². The SMILES string of the molecule is CCOC(=O)c1c(C)[nH]c(C(=O)CSc2nnc(-c3ccncc3)n2CCOC)c1C. The quantitative estimate of drug-likeness (QED) is 0.289. The zero-order valence-corrected chi connectivity index (χ0v) is 18.8. The molecule has 0 aliphatic carbocycles. The number of carbonyl (C=O) groups is 2. The number of esters is 1. The lowest BCUT2D eigenvalue weighted by Crippen LogP contribution is -2.10. The minimum Gasteiger partial charge on any atom is -0.462 e. The Morgan fingerprint density at radius 3 is 2.61 bits per heavy atom. The Balaban J connectivity index is 1.80. The maximum Gasteiger partial charge on any atom is 0.340 e. The van der Waals surface area contributed by atoms with Gasteiger partial charge in [0, 0.05) is 30.8 Å². The summed E-state index contributed by atoms with van der Waals surface area (Å²) in [5.74, 6) is 0.269. The number of ether oxygens (including phenoxy) is 2. The highest BCUT2D eigenvalue weighted by molar-refractivity contribution is 7.99. The minimum absolute atomic E-state index is 0.132. The van der Waals surface area contributed by atoms with Gasteiger partial charge in [-0.25, -0.2) is 4.79 Å². The predicted octanol–water partition coefficient (Wildman–Crippen LogP) is 3.08. The van der Waals surface area contributed by atoms with Crippen LogP contribution in [0.15, 0.2) is 29.7 Å². The first-order valence-electron chi connectivity index (χ1n) is 9.82. The van der Waals surface area contributed by atoms with Gasteiger partial charge in [-0.15, -0.1) is 10.2 Å². The lowest BCUT2D eigenvalue weighted by atomic mass is 10.1. The molecule has 0 atom stereocenters. The third-order valence-corrected chi connectivity index (χ3v) is 5.67. The molecular formula is C21H25N5O4S. The number of aromatic amines is 1. The molecular weight excluding hydrogens is 418 g/mol. The molecule has 3 aromatic heterocycles. The van der Waals surface area contributed by atoms with Crippen LogP contribution in [0.2, 0.25) is 0 Å². The highest BCUT2D eigenvalue weighted by atomic mass is 32.2. The van der Waals surface area contributed by atoms with Gasteiger partial charge in [-0.05, 0) is 38.5 Å². The van der Waals surface area contributed by atoms with Gasteiger partial charge in [0.2, 0.25) is 0 Å². The number of thioether (sulfide) groups is 1. The molecule has 0 aromatic carbocycles. The number of Topliss-reactive ketones (excluding diaryl/α,β-unsaturated/α-hetero) is 1. The highest BCUT2D eigenvalue weighted by Gasteiger charge is 2.23. The average Bonchev–Trinajstić information content (AvgIpc) is 3.31. The van der Waals surface area contributed by atoms with Crippen LogP contribution in [-0.4, -0.2) is 62.6 Å². The van der Waals surface area contributed by atoms with Crippen LogP contribution in [0.25, 0.3) is 11.4 Å². The van der Waals surface area contributed by atoms with E-state index in [1.807, 2.05) is 16.7 Å². The highest BCUT2D eigenvalue weighted by Crippen LogP contribution is 2.26. The molecule has 3 heterocycles. The molecule has 0 fully saturated rings. The standard InChI is InChI=1S/C21H25N5O4S/c1-5-30-20(28)17-13(2)18(23-14(17)3)16(27)12-31-21-25-24-19(26(21)10-11-29-4)15-6-8-22-9-7-15/h6-9,23H,5,10-12H2,1-4H3. The number of rotatable bonds is 10. The second kappa shape index (κ2) is 10.4. The molecule has 0 spiro atoms. The molecule has 0 aliphatic rings. The van der Waals surface area contributed by atoms with E-state index in [1.54, 1.807) is 40.3 Å². The molecule has 1 N–H and O–H groups in total. The monoisotopic (exact) mass is 443 g/mol. The lowest BCUT2D eigenvalue weighted by Gasteiger charge is -2.09. The van der Waals surface area contributed by atoms with Gasteiger partial charge >= 0.3 is 5.97 Å². The van der Waals surface area contributed by atoms with Crippen molar-refractivity contribution in [2.75, 3.05) is 26.1 Å². The first-order valence-corrected chi connectivity index (χ1v) is 10.8. The van der Waals surface area contributed by atoms with Crippen molar-refractivity contribution in [3.8, 4) is 11.4 Å². The van der Waals surface area contributed by atoms with E-state index in [1.165, 1.54) is 11.8 Å². The van der Waals surface area contributed by atoms with E-state index in [2.05, 4.69) is 20.2 Å². The number of nitrogens with zero attached hydrogens (tertiary/aromatic N) is 4. The van der Waals surface area contributed by atoms with Gasteiger partial charge < -0.3 is 14.5 Å². The van der Waals surface area contributed by atoms with Crippen LogP contribution < -0.4 is 0 Å². The maximum absolute atomic E-state index is 12.9. The Hall–Kier alpha value is -2.98. The van der Waals surface area contributed by atoms with E-state index in [4.69, 9.17) is 9.47 Å². The number of pyridine rings is 1. The fraction of sp³-hybridized carbons (Fsp3) is 0.381. The van der Waals surface area contributed by atoms with E-state index < -0.39 is 5.97 Å². The second-order valence-corrected chi connectivity index (χ2v) is 7.69. The van der Waals surface area contributed by atoms with Crippen LogP contribution in [0.1, 0.15) is 39.0 Å². The topological polar surface area (TPSA) is 112 Å². The molecule has 3 rings (SSSR count). The van der Waals surface area contributed by atoms with Gasteiger partial charge in [0.15, 0.2) is 16.8 Å². The van der Waals surface area contributed by atoms with Crippen molar-refractivity contribution in [3.05, 3.63) is 47.0 Å². The Morgan fingerprint density at radius 1 is 1.19 bits per heavy atom. The number of hydrogen-bond donors (Lipinski definition) is 1. The van der Waals surface area contributed by atoms with E-state index in [0.717, 1.165) is 5.56 Å². The Labute approximate surface area is 184 Å². The summed E-state index contributed by atoms with van der Waals surface area (Å²) in [4.78, 5) is 32.2. The lowest BCUT2D eigenvalue weighted by molar-refractivity contribution is 0.0525. The number of hydrogen-bond acceptors (Lipinski definition) is 8. The summed E-state index contributed by atoms with van der Waals surface area (Å²) >= 11 is 1.29. The fourth-order valence-corrected chi connectivity index (χ4v) is 4.07. The summed E-state index contributed by atoms with van der Waals surface area (Å²) in [6, 6.07) is 3.71. The van der Waals surface area contributed by atoms with E-state index in [-0.39, 0.29) is 18.1 Å². The number of ketones is 1. The van der Waals surface area contributed by atoms with Crippen molar-refractivity contribution < 1.29 is 19.1 Å². The van der Waals surface area contributed by atoms with Gasteiger partial charge in [-0.3, -0.25) is 14.3 Å². The zero-order valence-electron chi connectivity index (χ0n) is 18.0. The fourth-order valence-electron chi connectivity index (χ4n) is 3.23. The molecule has 0 unspecified atom stereocenters. The van der Waals surface area contributed by atoms with Crippen LogP contribution in [0.4, 0.5) is 0 Å². The Bertz CT molecular complexity index is 1060. The maximum atomic E-state index is 12.9. The molecule has 9 nitrogen and oxygen atoms in total. The number of methoxy groups -OCH3 is 1. The number of nitrogens with one attached hydrogen (secondary N) is 1. The number of H-pyrrole nitrogens is 1. The number of aryl methyl sites for hydroxylation is 1. The van der Waals surface area contributed by atoms with Crippen molar-refractivity contribution in [2.45, 2.75) is 32.5 Å². The molecule has 0 aliphatic heterocycles.